The molecule has 1 aliphatic carbocycles. The van der Waals surface area contributed by atoms with Crippen LogP contribution in [0.3, 0.4) is 0 Å². The summed E-state index contributed by atoms with van der Waals surface area (Å²) in [7, 11) is 0. The summed E-state index contributed by atoms with van der Waals surface area (Å²) >= 11 is 6.28. The minimum absolute atomic E-state index is 0.0240. The van der Waals surface area contributed by atoms with Crippen molar-refractivity contribution >= 4 is 46.3 Å². The van der Waals surface area contributed by atoms with E-state index in [0.717, 1.165) is 59.7 Å². The van der Waals surface area contributed by atoms with E-state index in [4.69, 9.17) is 35.5 Å². The third-order valence-corrected chi connectivity index (χ3v) is 13.5. The zero-order chi connectivity index (χ0) is 46.6. The molecule has 1 atom stereocenters. The molecule has 2 aliphatic heterocycles. The maximum absolute atomic E-state index is 14.8. The molecule has 0 spiro atoms. The van der Waals surface area contributed by atoms with Gasteiger partial charge in [0.15, 0.2) is 5.60 Å². The fraction of sp³-hybridized carbons (Fsp3) is 0.412. The van der Waals surface area contributed by atoms with Crippen LogP contribution in [0, 0.1) is 0 Å². The van der Waals surface area contributed by atoms with Crippen molar-refractivity contribution in [2.45, 2.75) is 96.4 Å². The molecule has 66 heavy (non-hydrogen) atoms. The van der Waals surface area contributed by atoms with E-state index < -0.39 is 23.0 Å². The molecule has 2 N–H and O–H groups in total. The van der Waals surface area contributed by atoms with Gasteiger partial charge in [0.05, 0.1) is 66.4 Å². The highest BCUT2D eigenvalue weighted by Crippen LogP contribution is 2.43. The van der Waals surface area contributed by atoms with Crippen LogP contribution in [-0.2, 0) is 65.7 Å². The lowest BCUT2D eigenvalue weighted by atomic mass is 9.68. The van der Waals surface area contributed by atoms with Gasteiger partial charge in [-0.2, -0.15) is 0 Å². The molecular weight excluding hydrogens is 864 g/mol. The van der Waals surface area contributed by atoms with Crippen LogP contribution in [0.25, 0.3) is 22.3 Å². The van der Waals surface area contributed by atoms with E-state index >= 15 is 0 Å². The van der Waals surface area contributed by atoms with Crippen molar-refractivity contribution in [1.82, 2.24) is 19.8 Å². The molecule has 15 heteroatoms. The predicted octanol–water partition coefficient (Wildman–Crippen LogP) is 6.91. The lowest BCUT2D eigenvalue weighted by Crippen LogP contribution is -2.48. The number of hydrogen-bond acceptors (Lipinski definition) is 11. The van der Waals surface area contributed by atoms with E-state index in [-0.39, 0.29) is 48.1 Å². The largest absolute Gasteiger partial charge is 0.458 e. The Balaban J connectivity index is 0.985. The summed E-state index contributed by atoms with van der Waals surface area (Å²) in [6, 6.07) is 21.6. The first-order valence-electron chi connectivity index (χ1n) is 22.8. The highest BCUT2D eigenvalue weighted by Gasteiger charge is 2.46. The van der Waals surface area contributed by atoms with Crippen LogP contribution >= 0.6 is 11.6 Å². The number of esters is 2. The Hall–Kier alpha value is -5.93. The van der Waals surface area contributed by atoms with Crippen LogP contribution in [0.1, 0.15) is 103 Å². The van der Waals surface area contributed by atoms with E-state index in [2.05, 4.69) is 5.32 Å². The number of nitrogens with zero attached hydrogens (tertiary/aromatic N) is 3. The molecule has 5 aromatic rings. The van der Waals surface area contributed by atoms with Crippen LogP contribution < -0.4 is 15.6 Å². The number of rotatable bonds is 17. The first-order valence-corrected chi connectivity index (χ1v) is 23.1. The van der Waals surface area contributed by atoms with Gasteiger partial charge in [0.25, 0.3) is 5.56 Å². The first kappa shape index (κ1) is 46.6. The number of cyclic esters (lactones) is 1. The molecule has 2 amide bonds. The summed E-state index contributed by atoms with van der Waals surface area (Å²) in [4.78, 5) is 72.8. The van der Waals surface area contributed by atoms with E-state index in [1.807, 2.05) is 48.2 Å². The highest BCUT2D eigenvalue weighted by atomic mass is 35.5. The van der Waals surface area contributed by atoms with Crippen LogP contribution in [0.4, 0.5) is 0 Å². The predicted molar refractivity (Wildman–Crippen MR) is 247 cm³/mol. The molecule has 4 heterocycles. The van der Waals surface area contributed by atoms with Crippen molar-refractivity contribution in [2.24, 2.45) is 0 Å². The number of hydrogen-bond donors (Lipinski definition) is 2. The second-order valence-corrected chi connectivity index (χ2v) is 17.7. The number of ether oxygens (including phenoxy) is 4. The number of aromatic nitrogens is 2. The second-order valence-electron chi connectivity index (χ2n) is 17.2. The quantitative estimate of drug-likeness (QED) is 0.0553. The number of amides is 2. The zero-order valence-electron chi connectivity index (χ0n) is 37.6. The van der Waals surface area contributed by atoms with Gasteiger partial charge >= 0.3 is 11.9 Å². The Morgan fingerprint density at radius 1 is 0.909 bits per heavy atom. The summed E-state index contributed by atoms with van der Waals surface area (Å²) in [6.07, 6.45) is 5.04. The maximum atomic E-state index is 14.8. The Kier molecular flexibility index (Phi) is 14.0. The fourth-order valence-corrected chi connectivity index (χ4v) is 9.77. The molecule has 2 aromatic heterocycles. The van der Waals surface area contributed by atoms with Crippen LogP contribution in [0.5, 0.6) is 5.75 Å². The third-order valence-electron chi connectivity index (χ3n) is 13.2. The topological polar surface area (TPSA) is 176 Å². The number of benzene rings is 3. The van der Waals surface area contributed by atoms with Crippen molar-refractivity contribution < 1.29 is 43.2 Å². The summed E-state index contributed by atoms with van der Waals surface area (Å²) in [5.41, 5.74) is 3.24. The van der Waals surface area contributed by atoms with Crippen molar-refractivity contribution in [1.29, 1.82) is 0 Å². The molecule has 3 aliphatic rings. The fourth-order valence-electron chi connectivity index (χ4n) is 9.64. The number of halogens is 1. The Bertz CT molecular complexity index is 2710. The van der Waals surface area contributed by atoms with Crippen LogP contribution in [0.15, 0.2) is 77.6 Å². The summed E-state index contributed by atoms with van der Waals surface area (Å²) < 4.78 is 24.3. The molecule has 0 radical (unpaired) electrons. The standard InChI is InChI=1S/C51H55ClN4O10/c1-4-38-39-27-37(17-18-43(39)54-45-40(38)30-56-44(45)28-42-41(46(56)58)31-65-49(61)51(42,62)5-2)66-47(59)34-11-9-33(10-12-34)29-55(22-24-64-26-25-63-23-21-53-32(3)57)48(60)50(19-7-6-8-20-50)35-13-15-36(52)16-14-35/h9-18,27-28,62H,4-8,19-26,29-31H2,1-3H3,(H,53,57)/t51-/m1/s1. The van der Waals surface area contributed by atoms with E-state index in [1.54, 1.807) is 47.9 Å². The van der Waals surface area contributed by atoms with Gasteiger partial charge in [-0.1, -0.05) is 69.0 Å². The average Bonchev–Trinajstić information content (AvgIpc) is 3.69. The van der Waals surface area contributed by atoms with Gasteiger partial charge in [0.1, 0.15) is 12.4 Å². The van der Waals surface area contributed by atoms with E-state index in [1.165, 1.54) is 6.92 Å². The number of nitrogens with one attached hydrogen (secondary N) is 1. The van der Waals surface area contributed by atoms with Gasteiger partial charge < -0.3 is 38.8 Å². The number of aliphatic hydroxyl groups is 1. The number of carbonyl (C=O) groups excluding carboxylic acids is 4. The average molecular weight is 919 g/mol. The van der Waals surface area contributed by atoms with Crippen molar-refractivity contribution in [3.8, 4) is 17.1 Å². The molecule has 8 rings (SSSR count). The summed E-state index contributed by atoms with van der Waals surface area (Å²) in [5.74, 6) is -1.09. The SMILES string of the molecule is CCc1c2c(nc3ccc(OC(=O)c4ccc(CN(CCOCCOCCNC(C)=O)C(=O)C5(c6ccc(Cl)cc6)CCCCC5)cc4)cc13)-c1cc3c(c(=O)n1C2)COC(=O)[C@@]3(O)CC. The van der Waals surface area contributed by atoms with Crippen LogP contribution in [-0.4, -0.2) is 82.8 Å². The summed E-state index contributed by atoms with van der Waals surface area (Å²) in [5, 5.41) is 15.4. The van der Waals surface area contributed by atoms with E-state index in [0.29, 0.717) is 85.7 Å². The normalized spacial score (nSPS) is 17.1. The van der Waals surface area contributed by atoms with Gasteiger partial charge in [-0.15, -0.1) is 0 Å². The molecule has 0 saturated heterocycles. The van der Waals surface area contributed by atoms with Crippen LogP contribution in [0.2, 0.25) is 5.02 Å². The molecule has 0 bridgehead atoms. The number of pyridine rings is 2. The van der Waals surface area contributed by atoms with Crippen molar-refractivity contribution in [2.75, 3.05) is 39.5 Å². The third kappa shape index (κ3) is 9.24. The van der Waals surface area contributed by atoms with Gasteiger partial charge in [0, 0.05) is 48.1 Å². The smallest absolute Gasteiger partial charge is 0.343 e. The molecule has 1 saturated carbocycles. The molecular formula is C51H55ClN4O10. The Morgan fingerprint density at radius 3 is 2.33 bits per heavy atom. The van der Waals surface area contributed by atoms with Gasteiger partial charge in [0.2, 0.25) is 11.8 Å². The summed E-state index contributed by atoms with van der Waals surface area (Å²) in [6.45, 7) is 7.59. The van der Waals surface area contributed by atoms with Crippen molar-refractivity contribution in [3.63, 3.8) is 0 Å². The minimum atomic E-state index is -1.92. The van der Waals surface area contributed by atoms with Gasteiger partial charge in [-0.3, -0.25) is 14.4 Å². The molecule has 346 valence electrons. The molecule has 0 unspecified atom stereocenters. The molecule has 3 aromatic carbocycles. The lowest BCUT2D eigenvalue weighted by Gasteiger charge is -2.40. The number of carbonyl (C=O) groups is 4. The molecule has 1 fully saturated rings. The highest BCUT2D eigenvalue weighted by molar-refractivity contribution is 6.30. The first-order chi connectivity index (χ1) is 31.9. The van der Waals surface area contributed by atoms with Gasteiger partial charge in [-0.05, 0) is 90.9 Å². The Morgan fingerprint density at radius 2 is 1.64 bits per heavy atom. The van der Waals surface area contributed by atoms with Crippen molar-refractivity contribution in [3.05, 3.63) is 127 Å². The number of fused-ring (bicyclic) bond motifs is 5. The lowest BCUT2D eigenvalue weighted by molar-refractivity contribution is -0.172. The Labute approximate surface area is 388 Å². The molecule has 14 nitrogen and oxygen atoms in total. The maximum Gasteiger partial charge on any atom is 0.343 e. The minimum Gasteiger partial charge on any atom is -0.458 e. The van der Waals surface area contributed by atoms with E-state index in [9.17, 15) is 29.1 Å². The zero-order valence-corrected chi connectivity index (χ0v) is 38.3. The monoisotopic (exact) mass is 918 g/mol. The van der Waals surface area contributed by atoms with Gasteiger partial charge in [-0.25, -0.2) is 14.6 Å². The number of aryl methyl sites for hydroxylation is 1. The second kappa shape index (κ2) is 19.9.